The molecule has 2 aliphatic rings. The van der Waals surface area contributed by atoms with Crippen molar-refractivity contribution in [1.82, 2.24) is 19.9 Å². The van der Waals surface area contributed by atoms with Crippen molar-refractivity contribution in [3.63, 3.8) is 0 Å². The van der Waals surface area contributed by atoms with Crippen molar-refractivity contribution in [3.8, 4) is 0 Å². The summed E-state index contributed by atoms with van der Waals surface area (Å²) < 4.78 is 19.0. The lowest BCUT2D eigenvalue weighted by molar-refractivity contribution is 0.0119. The Hall–Kier alpha value is -1.64. The fourth-order valence-corrected chi connectivity index (χ4v) is 4.17. The van der Waals surface area contributed by atoms with E-state index in [9.17, 15) is 4.39 Å². The number of anilines is 1. The fourth-order valence-electron chi connectivity index (χ4n) is 3.56. The molecule has 4 rings (SSSR count). The van der Waals surface area contributed by atoms with E-state index in [1.807, 2.05) is 6.92 Å². The highest BCUT2D eigenvalue weighted by Gasteiger charge is 2.45. The van der Waals surface area contributed by atoms with Crippen LogP contribution in [0.2, 0.25) is 0 Å². The second-order valence-corrected chi connectivity index (χ2v) is 7.65. The summed E-state index contributed by atoms with van der Waals surface area (Å²) in [5.74, 6) is 0.0262. The van der Waals surface area contributed by atoms with Crippen LogP contribution in [0.5, 0.6) is 0 Å². The summed E-state index contributed by atoms with van der Waals surface area (Å²) in [6, 6.07) is 0.164. The summed E-state index contributed by atoms with van der Waals surface area (Å²) in [4.78, 5) is 14.9. The summed E-state index contributed by atoms with van der Waals surface area (Å²) in [5, 5.41) is 6.49. The summed E-state index contributed by atoms with van der Waals surface area (Å²) in [5.41, 5.74) is 1.05. The molecular formula is C16H20FN5OS. The molecule has 2 saturated heterocycles. The number of nitrogens with one attached hydrogen (secondary N) is 1. The number of rotatable bonds is 4. The molecule has 2 aromatic heterocycles. The van der Waals surface area contributed by atoms with Gasteiger partial charge in [-0.2, -0.15) is 0 Å². The van der Waals surface area contributed by atoms with Gasteiger partial charge >= 0.3 is 0 Å². The van der Waals surface area contributed by atoms with Gasteiger partial charge in [0.1, 0.15) is 0 Å². The summed E-state index contributed by atoms with van der Waals surface area (Å²) in [7, 11) is 0. The van der Waals surface area contributed by atoms with E-state index < -0.39 is 5.82 Å². The van der Waals surface area contributed by atoms with E-state index in [1.165, 1.54) is 12.4 Å². The number of aryl methyl sites for hydroxylation is 1. The Labute approximate surface area is 144 Å². The van der Waals surface area contributed by atoms with Crippen LogP contribution in [0.15, 0.2) is 17.8 Å². The lowest BCUT2D eigenvalue weighted by atomic mass is 9.97. The maximum absolute atomic E-state index is 12.9. The zero-order valence-electron chi connectivity index (χ0n) is 13.5. The highest BCUT2D eigenvalue weighted by atomic mass is 32.1. The van der Waals surface area contributed by atoms with E-state index in [4.69, 9.17) is 4.74 Å². The molecule has 2 atom stereocenters. The minimum Gasteiger partial charge on any atom is -0.371 e. The number of halogens is 1. The number of likely N-dealkylation sites (tertiary alicyclic amines) is 1. The number of hydrogen-bond acceptors (Lipinski definition) is 7. The molecule has 2 aliphatic heterocycles. The van der Waals surface area contributed by atoms with Crippen LogP contribution in [-0.2, 0) is 11.3 Å². The number of ether oxygens (including phenoxy) is 1. The lowest BCUT2D eigenvalue weighted by Gasteiger charge is -2.23. The molecule has 0 saturated carbocycles. The molecule has 0 bridgehead atoms. The standard InChI is InChI=1S/C16H20FN5OS/c1-11-20-14(9-24-11)7-22-3-2-16(10-22)4-13(8-23-16)21-15-18-5-12(17)6-19-15/h5-6,9,13H,2-4,7-8,10H2,1H3,(H,18,19,21)/t13-,16-/m1/s1. The van der Waals surface area contributed by atoms with Gasteiger partial charge in [0.05, 0.1) is 41.3 Å². The van der Waals surface area contributed by atoms with E-state index in [1.54, 1.807) is 11.3 Å². The average molecular weight is 349 g/mol. The maximum Gasteiger partial charge on any atom is 0.223 e. The van der Waals surface area contributed by atoms with Crippen LogP contribution in [0.4, 0.5) is 10.3 Å². The van der Waals surface area contributed by atoms with Gasteiger partial charge in [0, 0.05) is 31.4 Å². The monoisotopic (exact) mass is 349 g/mol. The number of thiazole rings is 1. The summed E-state index contributed by atoms with van der Waals surface area (Å²) in [6.45, 7) is 5.49. The molecular weight excluding hydrogens is 329 g/mol. The van der Waals surface area contributed by atoms with Crippen LogP contribution >= 0.6 is 11.3 Å². The van der Waals surface area contributed by atoms with Gasteiger partial charge in [-0.15, -0.1) is 11.3 Å². The second-order valence-electron chi connectivity index (χ2n) is 6.58. The topological polar surface area (TPSA) is 63.2 Å². The van der Waals surface area contributed by atoms with E-state index in [-0.39, 0.29) is 11.6 Å². The van der Waals surface area contributed by atoms with Crippen LogP contribution < -0.4 is 5.32 Å². The van der Waals surface area contributed by atoms with Crippen molar-refractivity contribution in [2.24, 2.45) is 0 Å². The van der Waals surface area contributed by atoms with Gasteiger partial charge in [-0.1, -0.05) is 0 Å². The largest absolute Gasteiger partial charge is 0.371 e. The first-order chi connectivity index (χ1) is 11.6. The quantitative estimate of drug-likeness (QED) is 0.913. The predicted molar refractivity (Wildman–Crippen MR) is 89.4 cm³/mol. The molecule has 6 nitrogen and oxygen atoms in total. The van der Waals surface area contributed by atoms with Crippen LogP contribution in [0, 0.1) is 12.7 Å². The Balaban J connectivity index is 1.33. The van der Waals surface area contributed by atoms with Gasteiger partial charge in [-0.3, -0.25) is 4.90 Å². The highest BCUT2D eigenvalue weighted by molar-refractivity contribution is 7.09. The molecule has 4 heterocycles. The van der Waals surface area contributed by atoms with E-state index in [0.717, 1.165) is 43.2 Å². The Kier molecular flexibility index (Phi) is 4.19. The average Bonchev–Trinajstić information content (AvgIpc) is 3.25. The number of hydrogen-bond donors (Lipinski definition) is 1. The van der Waals surface area contributed by atoms with Gasteiger partial charge in [-0.05, 0) is 13.3 Å². The molecule has 1 N–H and O–H groups in total. The minimum atomic E-state index is -0.427. The molecule has 8 heteroatoms. The molecule has 0 aromatic carbocycles. The van der Waals surface area contributed by atoms with E-state index in [0.29, 0.717) is 12.6 Å². The Morgan fingerprint density at radius 3 is 3.04 bits per heavy atom. The van der Waals surface area contributed by atoms with Crippen molar-refractivity contribution in [2.75, 3.05) is 25.0 Å². The molecule has 0 aliphatic carbocycles. The molecule has 2 fully saturated rings. The molecule has 0 radical (unpaired) electrons. The number of aromatic nitrogens is 3. The van der Waals surface area contributed by atoms with Gasteiger partial charge in [0.25, 0.3) is 0 Å². The molecule has 1 spiro atoms. The van der Waals surface area contributed by atoms with Crippen molar-refractivity contribution in [2.45, 2.75) is 38.0 Å². The van der Waals surface area contributed by atoms with Crippen LogP contribution in [0.1, 0.15) is 23.5 Å². The zero-order valence-corrected chi connectivity index (χ0v) is 14.4. The van der Waals surface area contributed by atoms with E-state index >= 15 is 0 Å². The third-order valence-corrected chi connectivity index (χ3v) is 5.43. The second kappa shape index (κ2) is 6.34. The van der Waals surface area contributed by atoms with Crippen LogP contribution in [0.25, 0.3) is 0 Å². The Morgan fingerprint density at radius 2 is 2.29 bits per heavy atom. The van der Waals surface area contributed by atoms with Crippen LogP contribution in [0.3, 0.4) is 0 Å². The Bertz CT molecular complexity index is 709. The van der Waals surface area contributed by atoms with Crippen molar-refractivity contribution >= 4 is 17.3 Å². The fraction of sp³-hybridized carbons (Fsp3) is 0.562. The summed E-state index contributed by atoms with van der Waals surface area (Å²) in [6.07, 6.45) is 4.29. The van der Waals surface area contributed by atoms with E-state index in [2.05, 4.69) is 30.5 Å². The predicted octanol–water partition coefficient (Wildman–Crippen LogP) is 2.23. The maximum atomic E-state index is 12.9. The first kappa shape index (κ1) is 15.9. The molecule has 128 valence electrons. The SMILES string of the molecule is Cc1nc(CN2CC[C@@]3(C[C@@H](Nc4ncc(F)cn4)CO3)C2)cs1. The summed E-state index contributed by atoms with van der Waals surface area (Å²) >= 11 is 1.69. The molecule has 0 unspecified atom stereocenters. The molecule has 2 aromatic rings. The molecule has 24 heavy (non-hydrogen) atoms. The van der Waals surface area contributed by atoms with Crippen LogP contribution in [-0.4, -0.2) is 51.2 Å². The number of nitrogens with zero attached hydrogens (tertiary/aromatic N) is 4. The minimum absolute atomic E-state index is 0.0945. The van der Waals surface area contributed by atoms with Gasteiger partial charge < -0.3 is 10.1 Å². The first-order valence-corrected chi connectivity index (χ1v) is 9.00. The van der Waals surface area contributed by atoms with Gasteiger partial charge in [0.2, 0.25) is 5.95 Å². The lowest BCUT2D eigenvalue weighted by Crippen LogP contribution is -2.33. The third kappa shape index (κ3) is 3.40. The third-order valence-electron chi connectivity index (χ3n) is 4.61. The zero-order chi connectivity index (χ0) is 16.6. The van der Waals surface area contributed by atoms with Crippen molar-refractivity contribution in [3.05, 3.63) is 34.3 Å². The normalized spacial score (nSPS) is 27.2. The smallest absolute Gasteiger partial charge is 0.223 e. The van der Waals surface area contributed by atoms with Crippen molar-refractivity contribution < 1.29 is 9.13 Å². The Morgan fingerprint density at radius 1 is 1.46 bits per heavy atom. The highest BCUT2D eigenvalue weighted by Crippen LogP contribution is 2.36. The molecule has 0 amide bonds. The van der Waals surface area contributed by atoms with Gasteiger partial charge in [-0.25, -0.2) is 19.3 Å². The van der Waals surface area contributed by atoms with Gasteiger partial charge in [0.15, 0.2) is 5.82 Å². The first-order valence-electron chi connectivity index (χ1n) is 8.12. The van der Waals surface area contributed by atoms with Crippen molar-refractivity contribution in [1.29, 1.82) is 0 Å².